The Labute approximate surface area is 207 Å². The van der Waals surface area contributed by atoms with Gasteiger partial charge in [-0.3, -0.25) is 4.79 Å². The van der Waals surface area contributed by atoms with Crippen LogP contribution in [0, 0.1) is 11.8 Å². The molecule has 8 heteroatoms. The molecule has 0 spiro atoms. The number of aliphatic hydroxyl groups is 4. The summed E-state index contributed by atoms with van der Waals surface area (Å²) in [7, 11) is 1.68. The Morgan fingerprint density at radius 2 is 1.69 bits per heavy atom. The molecule has 0 bridgehead atoms. The Bertz CT molecular complexity index is 1370. The Morgan fingerprint density at radius 1 is 1.00 bits per heavy atom. The number of halogens is 1. The quantitative estimate of drug-likeness (QED) is 0.329. The number of rotatable bonds is 3. The van der Waals surface area contributed by atoms with Gasteiger partial charge in [-0.05, 0) is 47.4 Å². The average molecular weight is 494 g/mol. The van der Waals surface area contributed by atoms with E-state index in [0.717, 1.165) is 22.3 Å². The molecule has 0 saturated carbocycles. The molecule has 0 amide bonds. The molecule has 4 atom stereocenters. The molecule has 7 nitrogen and oxygen atoms in total. The summed E-state index contributed by atoms with van der Waals surface area (Å²) in [6, 6.07) is 15.9. The van der Waals surface area contributed by atoms with Crippen LogP contribution < -0.4 is 5.56 Å². The predicted molar refractivity (Wildman–Crippen MR) is 131 cm³/mol. The van der Waals surface area contributed by atoms with Crippen LogP contribution in [-0.4, -0.2) is 43.3 Å². The minimum atomic E-state index is -1.52. The van der Waals surface area contributed by atoms with Crippen molar-refractivity contribution in [1.82, 2.24) is 4.57 Å². The van der Waals surface area contributed by atoms with E-state index in [1.165, 1.54) is 10.6 Å². The maximum absolute atomic E-state index is 11.5. The highest BCUT2D eigenvalue weighted by atomic mass is 35.5. The van der Waals surface area contributed by atoms with Crippen molar-refractivity contribution < 1.29 is 25.2 Å². The zero-order valence-corrected chi connectivity index (χ0v) is 19.6. The second kappa shape index (κ2) is 10.4. The Kier molecular flexibility index (Phi) is 7.29. The molecule has 2 aromatic carbocycles. The first kappa shape index (κ1) is 24.6. The fourth-order valence-electron chi connectivity index (χ4n) is 3.84. The summed E-state index contributed by atoms with van der Waals surface area (Å²) in [5.41, 5.74) is 3.77. The van der Waals surface area contributed by atoms with Crippen LogP contribution in [0.3, 0.4) is 0 Å². The van der Waals surface area contributed by atoms with Gasteiger partial charge in [-0.25, -0.2) is 0 Å². The van der Waals surface area contributed by atoms with Crippen molar-refractivity contribution in [3.63, 3.8) is 0 Å². The highest BCUT2D eigenvalue weighted by Crippen LogP contribution is 2.35. The normalized spacial score (nSPS) is 22.8. The summed E-state index contributed by atoms with van der Waals surface area (Å²) in [5.74, 6) is 5.90. The van der Waals surface area contributed by atoms with Crippen LogP contribution in [0.5, 0.6) is 0 Å². The van der Waals surface area contributed by atoms with Gasteiger partial charge in [0.2, 0.25) is 5.56 Å². The van der Waals surface area contributed by atoms with Crippen LogP contribution in [-0.2, 0) is 18.2 Å². The van der Waals surface area contributed by atoms with Crippen LogP contribution >= 0.6 is 11.6 Å². The van der Waals surface area contributed by atoms with Gasteiger partial charge >= 0.3 is 0 Å². The van der Waals surface area contributed by atoms with Gasteiger partial charge in [0.1, 0.15) is 24.6 Å². The molecule has 1 aromatic heterocycles. The number of hydrogen-bond acceptors (Lipinski definition) is 6. The zero-order chi connectivity index (χ0) is 25.1. The van der Waals surface area contributed by atoms with Gasteiger partial charge in [0.25, 0.3) is 0 Å². The minimum Gasteiger partial charge on any atom is -0.512 e. The monoisotopic (exact) mass is 493 g/mol. The Morgan fingerprint density at radius 3 is 2.37 bits per heavy atom. The van der Waals surface area contributed by atoms with Gasteiger partial charge in [0.15, 0.2) is 11.9 Å². The zero-order valence-electron chi connectivity index (χ0n) is 18.8. The summed E-state index contributed by atoms with van der Waals surface area (Å²) in [6.07, 6.45) is -2.66. The third-order valence-electron chi connectivity index (χ3n) is 5.85. The topological polar surface area (TPSA) is 112 Å². The van der Waals surface area contributed by atoms with Crippen molar-refractivity contribution in [3.8, 4) is 11.8 Å². The van der Waals surface area contributed by atoms with Gasteiger partial charge in [0.05, 0.1) is 0 Å². The van der Waals surface area contributed by atoms with Crippen molar-refractivity contribution in [3.05, 3.63) is 116 Å². The van der Waals surface area contributed by atoms with Crippen molar-refractivity contribution in [1.29, 1.82) is 0 Å². The molecule has 1 aliphatic rings. The molecular formula is C27H24ClNO6. The number of ether oxygens (including phenoxy) is 1. The Hall–Kier alpha value is -3.54. The summed E-state index contributed by atoms with van der Waals surface area (Å²) in [6.45, 7) is 0. The van der Waals surface area contributed by atoms with E-state index in [1.807, 2.05) is 24.3 Å². The molecule has 180 valence electrons. The summed E-state index contributed by atoms with van der Waals surface area (Å²) in [4.78, 5) is 11.5. The van der Waals surface area contributed by atoms with E-state index >= 15 is 0 Å². The number of benzene rings is 2. The van der Waals surface area contributed by atoms with Crippen LogP contribution in [0.2, 0.25) is 5.02 Å². The van der Waals surface area contributed by atoms with E-state index in [4.69, 9.17) is 16.3 Å². The lowest BCUT2D eigenvalue weighted by Crippen LogP contribution is -2.47. The van der Waals surface area contributed by atoms with E-state index < -0.39 is 24.4 Å². The first-order valence-corrected chi connectivity index (χ1v) is 11.3. The molecule has 0 radical (unpaired) electrons. The maximum atomic E-state index is 11.5. The highest BCUT2D eigenvalue weighted by molar-refractivity contribution is 6.31. The number of aromatic nitrogens is 1. The van der Waals surface area contributed by atoms with Gasteiger partial charge in [-0.1, -0.05) is 47.7 Å². The lowest BCUT2D eigenvalue weighted by Gasteiger charge is -2.37. The Balaban J connectivity index is 1.52. The average Bonchev–Trinajstić information content (AvgIpc) is 2.86. The lowest BCUT2D eigenvalue weighted by atomic mass is 9.91. The molecule has 3 aromatic rings. The van der Waals surface area contributed by atoms with E-state index in [1.54, 1.807) is 37.5 Å². The third-order valence-corrected chi connectivity index (χ3v) is 6.22. The third kappa shape index (κ3) is 5.42. The van der Waals surface area contributed by atoms with Crippen LogP contribution in [0.4, 0.5) is 0 Å². The van der Waals surface area contributed by atoms with Crippen LogP contribution in [0.25, 0.3) is 0 Å². The van der Waals surface area contributed by atoms with E-state index in [0.29, 0.717) is 23.3 Å². The number of hydrogen-bond donors (Lipinski definition) is 4. The van der Waals surface area contributed by atoms with E-state index in [2.05, 4.69) is 11.8 Å². The number of aliphatic hydroxyl groups excluding tert-OH is 4. The van der Waals surface area contributed by atoms with Gasteiger partial charge in [0, 0.05) is 35.5 Å². The maximum Gasteiger partial charge on any atom is 0.250 e. The predicted octanol–water partition coefficient (Wildman–Crippen LogP) is 2.58. The van der Waals surface area contributed by atoms with Crippen molar-refractivity contribution in [2.24, 2.45) is 7.05 Å². The van der Waals surface area contributed by atoms with E-state index in [9.17, 15) is 25.2 Å². The van der Waals surface area contributed by atoms with Gasteiger partial charge in [-0.2, -0.15) is 0 Å². The molecule has 4 rings (SSSR count). The van der Waals surface area contributed by atoms with Gasteiger partial charge < -0.3 is 29.7 Å². The van der Waals surface area contributed by atoms with Crippen LogP contribution in [0.1, 0.15) is 33.9 Å². The minimum absolute atomic E-state index is 0.0914. The highest BCUT2D eigenvalue weighted by Gasteiger charge is 2.42. The second-order valence-corrected chi connectivity index (χ2v) is 8.74. The van der Waals surface area contributed by atoms with Crippen molar-refractivity contribution >= 4 is 11.6 Å². The fraction of sp³-hybridized carbons (Fsp3) is 0.222. The smallest absolute Gasteiger partial charge is 0.250 e. The standard InChI is InChI=1S/C27H24ClNO6/c1-29-14-18(8-11-23(29)31)7-4-16-2-5-17(6-3-16)12-20-13-19(9-10-21(20)28)27-26(34)25(33)24(32)22(15-30)35-27/h2-3,5-6,8-11,13-15,24-27,30,32-34H,12H2,1H3/b22-15+/t24-,25?,26-,27+/m1/s1. The molecule has 0 aliphatic carbocycles. The SMILES string of the molecule is Cn1cc(C#Cc2ccc(Cc3cc([C@@H]4O/C(=C/O)[C@@H](O)C(O)[C@H]4O)ccc3Cl)cc2)ccc1=O. The molecule has 1 aliphatic heterocycles. The summed E-state index contributed by atoms with van der Waals surface area (Å²) in [5, 5.41) is 40.3. The summed E-state index contributed by atoms with van der Waals surface area (Å²) < 4.78 is 7.01. The second-order valence-electron chi connectivity index (χ2n) is 8.34. The molecule has 1 fully saturated rings. The molecular weight excluding hydrogens is 470 g/mol. The molecule has 2 heterocycles. The number of pyridine rings is 1. The molecule has 35 heavy (non-hydrogen) atoms. The number of nitrogens with zero attached hydrogens (tertiary/aromatic N) is 1. The molecule has 1 saturated heterocycles. The van der Waals surface area contributed by atoms with E-state index in [-0.39, 0.29) is 11.3 Å². The fourth-order valence-corrected chi connectivity index (χ4v) is 4.02. The van der Waals surface area contributed by atoms with Crippen molar-refractivity contribution in [2.75, 3.05) is 0 Å². The largest absolute Gasteiger partial charge is 0.512 e. The molecule has 1 unspecified atom stereocenters. The molecule has 4 N–H and O–H groups in total. The lowest BCUT2D eigenvalue weighted by molar-refractivity contribution is -0.159. The first-order valence-electron chi connectivity index (χ1n) is 10.9. The van der Waals surface area contributed by atoms with Crippen molar-refractivity contribution in [2.45, 2.75) is 30.8 Å². The van der Waals surface area contributed by atoms with Gasteiger partial charge in [-0.15, -0.1) is 0 Å². The number of aryl methyl sites for hydroxylation is 1. The van der Waals surface area contributed by atoms with Crippen LogP contribution in [0.15, 0.2) is 77.6 Å². The summed E-state index contributed by atoms with van der Waals surface area (Å²) >= 11 is 6.41. The first-order chi connectivity index (χ1) is 16.8.